The van der Waals surface area contributed by atoms with E-state index in [-0.39, 0.29) is 12.0 Å². The molecule has 2 rings (SSSR count). The van der Waals surface area contributed by atoms with E-state index in [0.717, 1.165) is 5.56 Å². The quantitative estimate of drug-likeness (QED) is 0.872. The summed E-state index contributed by atoms with van der Waals surface area (Å²) in [6.45, 7) is 1.30. The molecule has 1 atom stereocenters. The summed E-state index contributed by atoms with van der Waals surface area (Å²) >= 11 is 0. The Labute approximate surface area is 106 Å². The average Bonchev–Trinajstić information content (AvgIpc) is 2.41. The second-order valence-corrected chi connectivity index (χ2v) is 4.46. The largest absolute Gasteiger partial charge is 0.481 e. The Morgan fingerprint density at radius 3 is 2.56 bits per heavy atom. The number of rotatable bonds is 3. The van der Waals surface area contributed by atoms with Gasteiger partial charge in [0, 0.05) is 25.5 Å². The lowest BCUT2D eigenvalue weighted by Gasteiger charge is -2.33. The van der Waals surface area contributed by atoms with Crippen LogP contribution in [0.5, 0.6) is 0 Å². The van der Waals surface area contributed by atoms with Gasteiger partial charge < -0.3 is 5.11 Å². The highest BCUT2D eigenvalue weighted by Gasteiger charge is 2.29. The van der Waals surface area contributed by atoms with E-state index in [9.17, 15) is 10.1 Å². The highest BCUT2D eigenvalue weighted by molar-refractivity contribution is 5.70. The molecule has 1 saturated heterocycles. The zero-order valence-corrected chi connectivity index (χ0v) is 9.99. The second kappa shape index (κ2) is 5.61. The number of hydrogen-bond donors (Lipinski definition) is 1. The maximum absolute atomic E-state index is 10.9. The normalized spacial score (nSPS) is 19.1. The zero-order valence-electron chi connectivity index (χ0n) is 9.99. The SMILES string of the molecule is N#CC(c1ccncc1)N1CCC(C(=O)O)CC1. The molecule has 1 aliphatic rings. The number of aromatic nitrogens is 1. The monoisotopic (exact) mass is 245 g/mol. The molecule has 0 bridgehead atoms. The van der Waals surface area contributed by atoms with Crippen molar-refractivity contribution in [3.8, 4) is 6.07 Å². The Balaban J connectivity index is 2.04. The Morgan fingerprint density at radius 2 is 2.06 bits per heavy atom. The van der Waals surface area contributed by atoms with E-state index in [0.29, 0.717) is 25.9 Å². The molecule has 94 valence electrons. The van der Waals surface area contributed by atoms with Gasteiger partial charge in [0.2, 0.25) is 0 Å². The summed E-state index contributed by atoms with van der Waals surface area (Å²) in [6.07, 6.45) is 4.56. The number of carboxylic acids is 1. The maximum Gasteiger partial charge on any atom is 0.306 e. The van der Waals surface area contributed by atoms with Crippen molar-refractivity contribution >= 4 is 5.97 Å². The fourth-order valence-electron chi connectivity index (χ4n) is 2.32. The molecule has 0 saturated carbocycles. The van der Waals surface area contributed by atoms with Gasteiger partial charge in [-0.3, -0.25) is 14.7 Å². The first-order chi connectivity index (χ1) is 8.72. The number of aliphatic carboxylic acids is 1. The molecule has 1 aromatic heterocycles. The van der Waals surface area contributed by atoms with Crippen LogP contribution >= 0.6 is 0 Å². The number of piperidine rings is 1. The number of carbonyl (C=O) groups is 1. The highest BCUT2D eigenvalue weighted by Crippen LogP contribution is 2.26. The molecule has 1 fully saturated rings. The van der Waals surface area contributed by atoms with Crippen LogP contribution in [0.4, 0.5) is 0 Å². The van der Waals surface area contributed by atoms with Crippen LogP contribution in [0.3, 0.4) is 0 Å². The van der Waals surface area contributed by atoms with E-state index >= 15 is 0 Å². The number of likely N-dealkylation sites (tertiary alicyclic amines) is 1. The lowest BCUT2D eigenvalue weighted by atomic mass is 9.95. The molecule has 0 aliphatic carbocycles. The minimum Gasteiger partial charge on any atom is -0.481 e. The molecule has 0 amide bonds. The predicted octanol–water partition coefficient (Wildman–Crippen LogP) is 1.44. The van der Waals surface area contributed by atoms with E-state index in [1.54, 1.807) is 12.4 Å². The van der Waals surface area contributed by atoms with E-state index in [4.69, 9.17) is 5.11 Å². The van der Waals surface area contributed by atoms with Gasteiger partial charge in [-0.25, -0.2) is 0 Å². The Hall–Kier alpha value is -1.93. The van der Waals surface area contributed by atoms with Crippen molar-refractivity contribution in [3.05, 3.63) is 30.1 Å². The van der Waals surface area contributed by atoms with Gasteiger partial charge in [-0.15, -0.1) is 0 Å². The Bertz CT molecular complexity index is 447. The van der Waals surface area contributed by atoms with Crippen LogP contribution in [-0.2, 0) is 4.79 Å². The van der Waals surface area contributed by atoms with Gasteiger partial charge in [0.25, 0.3) is 0 Å². The molecule has 5 heteroatoms. The summed E-state index contributed by atoms with van der Waals surface area (Å²) in [6, 6.07) is 5.64. The molecule has 1 aliphatic heterocycles. The molecule has 5 nitrogen and oxygen atoms in total. The summed E-state index contributed by atoms with van der Waals surface area (Å²) in [5.41, 5.74) is 0.918. The lowest BCUT2D eigenvalue weighted by molar-refractivity contribution is -0.143. The number of carboxylic acid groups (broad SMARTS) is 1. The zero-order chi connectivity index (χ0) is 13.0. The Kier molecular flexibility index (Phi) is 3.90. The second-order valence-electron chi connectivity index (χ2n) is 4.46. The number of nitriles is 1. The van der Waals surface area contributed by atoms with E-state index in [1.807, 2.05) is 17.0 Å². The minimum atomic E-state index is -0.730. The molecule has 2 heterocycles. The first-order valence-corrected chi connectivity index (χ1v) is 5.98. The molecule has 1 unspecified atom stereocenters. The molecule has 0 radical (unpaired) electrons. The van der Waals surface area contributed by atoms with Crippen molar-refractivity contribution in [2.24, 2.45) is 5.92 Å². The highest BCUT2D eigenvalue weighted by atomic mass is 16.4. The van der Waals surface area contributed by atoms with Crippen molar-refractivity contribution in [1.29, 1.82) is 5.26 Å². The standard InChI is InChI=1S/C13H15N3O2/c14-9-12(10-1-5-15-6-2-10)16-7-3-11(4-8-16)13(17)18/h1-2,5-6,11-12H,3-4,7-8H2,(H,17,18). The van der Waals surface area contributed by atoms with Crippen LogP contribution in [0.15, 0.2) is 24.5 Å². The van der Waals surface area contributed by atoms with Crippen molar-refractivity contribution in [2.45, 2.75) is 18.9 Å². The summed E-state index contributed by atoms with van der Waals surface area (Å²) in [5, 5.41) is 18.2. The summed E-state index contributed by atoms with van der Waals surface area (Å²) in [4.78, 5) is 16.9. The summed E-state index contributed by atoms with van der Waals surface area (Å²) < 4.78 is 0. The van der Waals surface area contributed by atoms with Gasteiger partial charge in [-0.05, 0) is 30.5 Å². The van der Waals surface area contributed by atoms with Crippen molar-refractivity contribution in [3.63, 3.8) is 0 Å². The van der Waals surface area contributed by atoms with Crippen molar-refractivity contribution in [1.82, 2.24) is 9.88 Å². The molecule has 1 N–H and O–H groups in total. The molecular weight excluding hydrogens is 230 g/mol. The molecule has 18 heavy (non-hydrogen) atoms. The summed E-state index contributed by atoms with van der Waals surface area (Å²) in [7, 11) is 0. The fraction of sp³-hybridized carbons (Fsp3) is 0.462. The molecule has 0 spiro atoms. The minimum absolute atomic E-state index is 0.266. The van der Waals surface area contributed by atoms with Crippen LogP contribution in [0.1, 0.15) is 24.4 Å². The number of nitrogens with zero attached hydrogens (tertiary/aromatic N) is 3. The molecular formula is C13H15N3O2. The van der Waals surface area contributed by atoms with Crippen LogP contribution in [-0.4, -0.2) is 34.0 Å². The third kappa shape index (κ3) is 2.66. The van der Waals surface area contributed by atoms with E-state index in [1.165, 1.54) is 0 Å². The van der Waals surface area contributed by atoms with Crippen LogP contribution in [0.2, 0.25) is 0 Å². The third-order valence-corrected chi connectivity index (χ3v) is 3.39. The number of hydrogen-bond acceptors (Lipinski definition) is 4. The van der Waals surface area contributed by atoms with Gasteiger partial charge in [0.1, 0.15) is 6.04 Å². The van der Waals surface area contributed by atoms with Gasteiger partial charge in [-0.1, -0.05) is 0 Å². The van der Waals surface area contributed by atoms with Gasteiger partial charge in [0.05, 0.1) is 12.0 Å². The van der Waals surface area contributed by atoms with Crippen molar-refractivity contribution < 1.29 is 9.90 Å². The van der Waals surface area contributed by atoms with Crippen LogP contribution < -0.4 is 0 Å². The Morgan fingerprint density at radius 1 is 1.44 bits per heavy atom. The smallest absolute Gasteiger partial charge is 0.306 e. The fourth-order valence-corrected chi connectivity index (χ4v) is 2.32. The molecule has 0 aromatic carbocycles. The number of pyridine rings is 1. The summed E-state index contributed by atoms with van der Waals surface area (Å²) in [5.74, 6) is -0.995. The van der Waals surface area contributed by atoms with E-state index < -0.39 is 5.97 Å². The maximum atomic E-state index is 10.9. The van der Waals surface area contributed by atoms with Crippen LogP contribution in [0, 0.1) is 17.2 Å². The van der Waals surface area contributed by atoms with Gasteiger partial charge in [-0.2, -0.15) is 5.26 Å². The lowest BCUT2D eigenvalue weighted by Crippen LogP contribution is -2.38. The van der Waals surface area contributed by atoms with Gasteiger partial charge >= 0.3 is 5.97 Å². The molecule has 1 aromatic rings. The third-order valence-electron chi connectivity index (χ3n) is 3.39. The van der Waals surface area contributed by atoms with Crippen LogP contribution in [0.25, 0.3) is 0 Å². The average molecular weight is 245 g/mol. The predicted molar refractivity (Wildman–Crippen MR) is 64.5 cm³/mol. The first kappa shape index (κ1) is 12.5. The first-order valence-electron chi connectivity index (χ1n) is 5.98. The van der Waals surface area contributed by atoms with Crippen molar-refractivity contribution in [2.75, 3.05) is 13.1 Å². The topological polar surface area (TPSA) is 77.2 Å². The van der Waals surface area contributed by atoms with E-state index in [2.05, 4.69) is 11.1 Å². The van der Waals surface area contributed by atoms with Gasteiger partial charge in [0.15, 0.2) is 0 Å².